The predicted molar refractivity (Wildman–Crippen MR) is 215 cm³/mol. The van der Waals surface area contributed by atoms with E-state index >= 15 is 0 Å². The lowest BCUT2D eigenvalue weighted by molar-refractivity contribution is 0.728. The largest absolute Gasteiger partial charge is 0.212 e. The van der Waals surface area contributed by atoms with Crippen molar-refractivity contribution in [3.63, 3.8) is 0 Å². The summed E-state index contributed by atoms with van der Waals surface area (Å²) in [4.78, 5) is 16.0. The van der Waals surface area contributed by atoms with Crippen LogP contribution in [0.2, 0.25) is 0 Å². The van der Waals surface area contributed by atoms with Gasteiger partial charge >= 0.3 is 0 Å². The minimum atomic E-state index is -0.482. The van der Waals surface area contributed by atoms with Gasteiger partial charge in [0.15, 0.2) is 11.6 Å². The standard InChI is InChI=1S/C50H33N3/c1-3-15-34-29-37(27-25-32(34)13-1)47-51-48(38-28-26-33-14-2-4-16-35(33)30-38)53-49(52-47)42-31-36-17-5-9-21-43(36)50(46-24-12-8-20-41(42)46)44-22-10-6-18-39(44)40-19-7-11-23-45(40)50/h1-30,42H,31H2. The predicted octanol–water partition coefficient (Wildman–Crippen LogP) is 11.6. The minimum Gasteiger partial charge on any atom is -0.212 e. The monoisotopic (exact) mass is 675 g/mol. The molecular formula is C50H33N3. The Hall–Kier alpha value is -6.71. The molecule has 9 aromatic rings. The topological polar surface area (TPSA) is 38.7 Å². The number of hydrogen-bond acceptors (Lipinski definition) is 3. The fourth-order valence-electron chi connectivity index (χ4n) is 9.19. The van der Waals surface area contributed by atoms with Crippen LogP contribution in [0, 0.1) is 0 Å². The number of hydrogen-bond donors (Lipinski definition) is 0. The average molecular weight is 676 g/mol. The lowest BCUT2D eigenvalue weighted by Crippen LogP contribution is -2.30. The molecule has 3 nitrogen and oxygen atoms in total. The maximum Gasteiger partial charge on any atom is 0.163 e. The molecule has 0 N–H and O–H groups in total. The molecule has 0 bridgehead atoms. The summed E-state index contributed by atoms with van der Waals surface area (Å²) < 4.78 is 0. The highest BCUT2D eigenvalue weighted by atomic mass is 15.0. The summed E-state index contributed by atoms with van der Waals surface area (Å²) in [6.07, 6.45) is 0.762. The molecule has 0 saturated carbocycles. The summed E-state index contributed by atoms with van der Waals surface area (Å²) >= 11 is 0. The molecule has 1 heterocycles. The van der Waals surface area contributed by atoms with Crippen LogP contribution in [0.3, 0.4) is 0 Å². The zero-order chi connectivity index (χ0) is 34.9. The van der Waals surface area contributed by atoms with Crippen LogP contribution < -0.4 is 0 Å². The molecule has 11 rings (SSSR count). The Labute approximate surface area is 308 Å². The molecule has 1 spiro atoms. The second-order valence-electron chi connectivity index (χ2n) is 14.3. The molecule has 0 fully saturated rings. The van der Waals surface area contributed by atoms with Crippen molar-refractivity contribution in [2.45, 2.75) is 17.8 Å². The SMILES string of the molecule is c1ccc2c(c1)CC(c1nc(-c3ccc4ccccc4c3)nc(-c3ccc4ccccc4c3)n1)c1ccccc1C21c2ccccc2-c2ccccc21. The molecule has 8 aromatic carbocycles. The fraction of sp³-hybridized carbons (Fsp3) is 0.0600. The van der Waals surface area contributed by atoms with Gasteiger partial charge in [-0.2, -0.15) is 0 Å². The highest BCUT2D eigenvalue weighted by Crippen LogP contribution is 2.59. The van der Waals surface area contributed by atoms with Crippen LogP contribution in [0.25, 0.3) is 55.4 Å². The first-order valence-electron chi connectivity index (χ1n) is 18.4. The van der Waals surface area contributed by atoms with Crippen LogP contribution in [0.15, 0.2) is 182 Å². The number of fused-ring (bicyclic) bond motifs is 11. The van der Waals surface area contributed by atoms with E-state index in [9.17, 15) is 0 Å². The summed E-state index contributed by atoms with van der Waals surface area (Å²) in [5.41, 5.74) is 11.9. The van der Waals surface area contributed by atoms with Gasteiger partial charge in [-0.25, -0.2) is 15.0 Å². The van der Waals surface area contributed by atoms with Crippen LogP contribution in [0.1, 0.15) is 45.1 Å². The van der Waals surface area contributed by atoms with E-state index in [4.69, 9.17) is 15.0 Å². The summed E-state index contributed by atoms with van der Waals surface area (Å²) in [6, 6.07) is 66.0. The van der Waals surface area contributed by atoms with Gasteiger partial charge in [0.05, 0.1) is 5.41 Å². The van der Waals surface area contributed by atoms with Gasteiger partial charge in [-0.05, 0) is 84.6 Å². The van der Waals surface area contributed by atoms with Crippen LogP contribution >= 0.6 is 0 Å². The summed E-state index contributed by atoms with van der Waals surface area (Å²) in [5, 5.41) is 4.70. The van der Waals surface area contributed by atoms with Crippen molar-refractivity contribution < 1.29 is 0 Å². The van der Waals surface area contributed by atoms with Crippen molar-refractivity contribution in [2.75, 3.05) is 0 Å². The van der Waals surface area contributed by atoms with Crippen molar-refractivity contribution in [1.82, 2.24) is 15.0 Å². The van der Waals surface area contributed by atoms with Crippen molar-refractivity contribution >= 4 is 21.5 Å². The molecule has 248 valence electrons. The number of benzene rings is 8. The molecule has 0 saturated heterocycles. The maximum atomic E-state index is 5.42. The quantitative estimate of drug-likeness (QED) is 0.187. The van der Waals surface area contributed by atoms with E-state index in [1.54, 1.807) is 0 Å². The lowest BCUT2D eigenvalue weighted by Gasteiger charge is -2.35. The highest BCUT2D eigenvalue weighted by molar-refractivity contribution is 5.89. The van der Waals surface area contributed by atoms with Crippen molar-refractivity contribution in [2.24, 2.45) is 0 Å². The zero-order valence-corrected chi connectivity index (χ0v) is 28.9. The van der Waals surface area contributed by atoms with Crippen molar-refractivity contribution in [1.29, 1.82) is 0 Å². The van der Waals surface area contributed by atoms with Crippen molar-refractivity contribution in [3.8, 4) is 33.9 Å². The molecule has 1 aromatic heterocycles. The van der Waals surface area contributed by atoms with E-state index < -0.39 is 5.41 Å². The van der Waals surface area contributed by atoms with E-state index in [0.29, 0.717) is 11.6 Å². The average Bonchev–Trinajstić information content (AvgIpc) is 3.45. The van der Waals surface area contributed by atoms with Gasteiger partial charge in [0.1, 0.15) is 5.82 Å². The van der Waals surface area contributed by atoms with Crippen LogP contribution in [0.5, 0.6) is 0 Å². The van der Waals surface area contributed by atoms with Gasteiger partial charge in [0.2, 0.25) is 0 Å². The summed E-state index contributed by atoms with van der Waals surface area (Å²) in [6.45, 7) is 0. The third-order valence-corrected chi connectivity index (χ3v) is 11.5. The normalized spacial score (nSPS) is 15.1. The molecule has 2 aliphatic rings. The van der Waals surface area contributed by atoms with Gasteiger partial charge in [0, 0.05) is 17.0 Å². The van der Waals surface area contributed by atoms with Gasteiger partial charge in [-0.3, -0.25) is 0 Å². The summed E-state index contributed by atoms with van der Waals surface area (Å²) in [5.74, 6) is 2.04. The Balaban J connectivity index is 1.19. The van der Waals surface area contributed by atoms with Crippen LogP contribution in [0.4, 0.5) is 0 Å². The molecule has 1 unspecified atom stereocenters. The molecule has 0 aliphatic heterocycles. The first kappa shape index (κ1) is 30.0. The Morgan fingerprint density at radius 3 is 1.47 bits per heavy atom. The third kappa shape index (κ3) is 4.50. The molecule has 53 heavy (non-hydrogen) atoms. The van der Waals surface area contributed by atoms with Gasteiger partial charge in [0.25, 0.3) is 0 Å². The Morgan fingerprint density at radius 2 is 0.868 bits per heavy atom. The molecule has 0 radical (unpaired) electrons. The van der Waals surface area contributed by atoms with Gasteiger partial charge < -0.3 is 0 Å². The Morgan fingerprint density at radius 1 is 0.396 bits per heavy atom. The lowest BCUT2D eigenvalue weighted by atomic mass is 9.66. The zero-order valence-electron chi connectivity index (χ0n) is 28.9. The number of rotatable bonds is 3. The minimum absolute atomic E-state index is 0.118. The van der Waals surface area contributed by atoms with Gasteiger partial charge in [-0.1, -0.05) is 170 Å². The smallest absolute Gasteiger partial charge is 0.163 e. The molecule has 2 aliphatic carbocycles. The van der Waals surface area contributed by atoms with E-state index in [-0.39, 0.29) is 5.92 Å². The maximum absolute atomic E-state index is 5.42. The number of aromatic nitrogens is 3. The van der Waals surface area contributed by atoms with Crippen LogP contribution in [-0.2, 0) is 11.8 Å². The van der Waals surface area contributed by atoms with Gasteiger partial charge in [-0.15, -0.1) is 0 Å². The molecular weight excluding hydrogens is 643 g/mol. The molecule has 0 amide bonds. The van der Waals surface area contributed by atoms with E-state index in [0.717, 1.165) is 34.1 Å². The molecule has 3 heteroatoms. The summed E-state index contributed by atoms with van der Waals surface area (Å²) in [7, 11) is 0. The first-order valence-corrected chi connectivity index (χ1v) is 18.4. The Bertz CT molecular complexity index is 2760. The van der Waals surface area contributed by atoms with E-state index in [2.05, 4.69) is 182 Å². The first-order chi connectivity index (χ1) is 26.3. The number of nitrogens with zero attached hydrogens (tertiary/aromatic N) is 3. The second-order valence-corrected chi connectivity index (χ2v) is 14.3. The van der Waals surface area contributed by atoms with Crippen molar-refractivity contribution in [3.05, 3.63) is 221 Å². The molecule has 1 atom stereocenters. The van der Waals surface area contributed by atoms with E-state index in [1.807, 2.05) is 0 Å². The Kier molecular flexibility index (Phi) is 6.59. The fourth-order valence-corrected chi connectivity index (χ4v) is 9.19. The third-order valence-electron chi connectivity index (χ3n) is 11.5. The van der Waals surface area contributed by atoms with Crippen LogP contribution in [-0.4, -0.2) is 15.0 Å². The second kappa shape index (κ2) is 11.7. The van der Waals surface area contributed by atoms with E-state index in [1.165, 1.54) is 55.3 Å². The highest BCUT2D eigenvalue weighted by Gasteiger charge is 2.50.